The number of sulfone groups is 1. The highest BCUT2D eigenvalue weighted by Gasteiger charge is 2.28. The lowest BCUT2D eigenvalue weighted by Crippen LogP contribution is -2.42. The van der Waals surface area contributed by atoms with E-state index in [1.165, 1.54) is 11.1 Å². The zero-order valence-corrected chi connectivity index (χ0v) is 18.1. The second-order valence-electron chi connectivity index (χ2n) is 8.55. The minimum atomic E-state index is -3.13. The van der Waals surface area contributed by atoms with Gasteiger partial charge in [0.05, 0.1) is 10.5 Å². The fourth-order valence-corrected chi connectivity index (χ4v) is 3.31. The summed E-state index contributed by atoms with van der Waals surface area (Å²) in [7, 11) is -1.44. The Hall–Kier alpha value is -1.56. The van der Waals surface area contributed by atoms with Crippen LogP contribution in [-0.2, 0) is 21.7 Å². The first kappa shape index (κ1) is 22.5. The van der Waals surface area contributed by atoms with Gasteiger partial charge in [-0.2, -0.15) is 0 Å². The zero-order valence-electron chi connectivity index (χ0n) is 17.3. The van der Waals surface area contributed by atoms with Crippen LogP contribution >= 0.6 is 0 Å². The van der Waals surface area contributed by atoms with Crippen molar-refractivity contribution in [1.29, 1.82) is 0 Å². The molecular weight excluding hydrogens is 346 g/mol. The van der Waals surface area contributed by atoms with Crippen molar-refractivity contribution in [3.8, 4) is 0 Å². The molecule has 0 atom stereocenters. The largest absolute Gasteiger partial charge is 0.356 e. The summed E-state index contributed by atoms with van der Waals surface area (Å²) in [6.45, 7) is 12.9. The molecule has 0 aromatic heterocycles. The zero-order chi connectivity index (χ0) is 20.0. The van der Waals surface area contributed by atoms with Crippen LogP contribution in [0.2, 0.25) is 0 Å². The third-order valence-corrected chi connectivity index (χ3v) is 6.95. The van der Waals surface area contributed by atoms with Gasteiger partial charge in [-0.05, 0) is 43.7 Å². The van der Waals surface area contributed by atoms with E-state index < -0.39 is 14.6 Å². The number of guanidine groups is 1. The molecule has 0 heterocycles. The quantitative estimate of drug-likeness (QED) is 0.587. The molecule has 2 N–H and O–H groups in total. The minimum Gasteiger partial charge on any atom is -0.356 e. The van der Waals surface area contributed by atoms with Gasteiger partial charge in [0, 0.05) is 20.1 Å². The Bertz CT molecular complexity index is 694. The van der Waals surface area contributed by atoms with Gasteiger partial charge in [0.25, 0.3) is 0 Å². The van der Waals surface area contributed by atoms with Crippen LogP contribution in [-0.4, -0.2) is 45.0 Å². The van der Waals surface area contributed by atoms with E-state index in [0.717, 1.165) is 13.0 Å². The number of hydrogen-bond acceptors (Lipinski definition) is 3. The Balaban J connectivity index is 2.44. The van der Waals surface area contributed by atoms with Crippen LogP contribution in [0.4, 0.5) is 0 Å². The highest BCUT2D eigenvalue weighted by atomic mass is 32.2. The van der Waals surface area contributed by atoms with Crippen molar-refractivity contribution in [1.82, 2.24) is 10.6 Å². The van der Waals surface area contributed by atoms with Crippen molar-refractivity contribution >= 4 is 15.8 Å². The van der Waals surface area contributed by atoms with Gasteiger partial charge in [0.15, 0.2) is 15.8 Å². The smallest absolute Gasteiger partial charge is 0.191 e. The van der Waals surface area contributed by atoms with Gasteiger partial charge in [-0.1, -0.05) is 45.0 Å². The van der Waals surface area contributed by atoms with E-state index in [1.807, 2.05) is 0 Å². The molecule has 0 bridgehead atoms. The van der Waals surface area contributed by atoms with Crippen LogP contribution in [0.3, 0.4) is 0 Å². The molecule has 0 radical (unpaired) electrons. The van der Waals surface area contributed by atoms with Crippen LogP contribution < -0.4 is 10.6 Å². The van der Waals surface area contributed by atoms with Crippen molar-refractivity contribution in [2.24, 2.45) is 4.99 Å². The topological polar surface area (TPSA) is 70.6 Å². The maximum absolute atomic E-state index is 12.1. The number of nitrogens with zero attached hydrogens (tertiary/aromatic N) is 1. The third-order valence-electron chi connectivity index (χ3n) is 4.35. The van der Waals surface area contributed by atoms with Crippen molar-refractivity contribution < 1.29 is 8.42 Å². The molecule has 0 aliphatic rings. The predicted molar refractivity (Wildman–Crippen MR) is 112 cm³/mol. The van der Waals surface area contributed by atoms with Crippen molar-refractivity contribution in [3.63, 3.8) is 0 Å². The summed E-state index contributed by atoms with van der Waals surface area (Å²) in [6.07, 6.45) is 0.880. The summed E-state index contributed by atoms with van der Waals surface area (Å²) >= 11 is 0. The fraction of sp³-hybridized carbons (Fsp3) is 0.650. The maximum Gasteiger partial charge on any atom is 0.191 e. The lowest BCUT2D eigenvalue weighted by Gasteiger charge is -2.20. The van der Waals surface area contributed by atoms with Crippen molar-refractivity contribution in [2.45, 2.75) is 58.1 Å². The van der Waals surface area contributed by atoms with E-state index in [9.17, 15) is 8.42 Å². The molecule has 0 aliphatic carbocycles. The summed E-state index contributed by atoms with van der Waals surface area (Å²) in [6, 6.07) is 8.68. The first-order chi connectivity index (χ1) is 11.9. The molecule has 5 nitrogen and oxygen atoms in total. The highest BCUT2D eigenvalue weighted by molar-refractivity contribution is 7.92. The molecule has 0 spiro atoms. The van der Waals surface area contributed by atoms with E-state index in [-0.39, 0.29) is 11.2 Å². The molecule has 1 rings (SSSR count). The van der Waals surface area contributed by atoms with Gasteiger partial charge in [-0.25, -0.2) is 8.42 Å². The number of rotatable bonds is 6. The summed E-state index contributed by atoms with van der Waals surface area (Å²) in [5.74, 6) is 0.714. The number of benzene rings is 1. The van der Waals surface area contributed by atoms with Crippen molar-refractivity contribution in [3.05, 3.63) is 35.4 Å². The van der Waals surface area contributed by atoms with Gasteiger partial charge in [-0.15, -0.1) is 0 Å². The van der Waals surface area contributed by atoms with Gasteiger partial charge < -0.3 is 10.6 Å². The van der Waals surface area contributed by atoms with E-state index in [4.69, 9.17) is 0 Å². The third kappa shape index (κ3) is 6.98. The second kappa shape index (κ2) is 8.89. The van der Waals surface area contributed by atoms with Gasteiger partial charge in [0.2, 0.25) is 0 Å². The molecule has 1 aromatic rings. The van der Waals surface area contributed by atoms with Crippen LogP contribution in [0.15, 0.2) is 29.3 Å². The molecule has 148 valence electrons. The van der Waals surface area contributed by atoms with Gasteiger partial charge >= 0.3 is 0 Å². The summed E-state index contributed by atoms with van der Waals surface area (Å²) in [4.78, 5) is 4.15. The molecule has 6 heteroatoms. The Morgan fingerprint density at radius 3 is 1.96 bits per heavy atom. The first-order valence-corrected chi connectivity index (χ1v) is 10.8. The fourth-order valence-electron chi connectivity index (χ4n) is 2.33. The van der Waals surface area contributed by atoms with E-state index in [2.05, 4.69) is 60.7 Å². The summed E-state index contributed by atoms with van der Waals surface area (Å²) < 4.78 is 23.5. The molecule has 1 aromatic carbocycles. The molecule has 0 aliphatic heterocycles. The second-order valence-corrected chi connectivity index (χ2v) is 11.4. The van der Waals surface area contributed by atoms with Crippen LogP contribution in [0.1, 0.15) is 52.7 Å². The average molecular weight is 382 g/mol. The lowest BCUT2D eigenvalue weighted by atomic mass is 9.86. The van der Waals surface area contributed by atoms with Gasteiger partial charge in [0.1, 0.15) is 0 Å². The Labute approximate surface area is 159 Å². The molecular formula is C20H35N3O2S. The number of nitrogens with one attached hydrogen (secondary N) is 2. The van der Waals surface area contributed by atoms with E-state index in [1.54, 1.807) is 27.8 Å². The normalized spacial score (nSPS) is 13.6. The average Bonchev–Trinajstić information content (AvgIpc) is 2.51. The molecule has 0 saturated heterocycles. The molecule has 0 unspecified atom stereocenters. The van der Waals surface area contributed by atoms with Crippen molar-refractivity contribution in [2.75, 3.05) is 25.9 Å². The van der Waals surface area contributed by atoms with Crippen LogP contribution in [0.25, 0.3) is 0 Å². The minimum absolute atomic E-state index is 0.0888. The number of hydrogen-bond donors (Lipinski definition) is 2. The standard InChI is InChI=1S/C20H35N3O2S/c1-19(2,3)17-10-8-16(9-11-17)12-13-22-18(21-7)23-14-15-26(24,25)20(4,5)6/h8-11H,12-15H2,1-7H3,(H2,21,22,23). The van der Waals surface area contributed by atoms with E-state index >= 15 is 0 Å². The molecule has 0 fully saturated rings. The Morgan fingerprint density at radius 1 is 0.962 bits per heavy atom. The monoisotopic (exact) mass is 381 g/mol. The summed E-state index contributed by atoms with van der Waals surface area (Å²) in [5.41, 5.74) is 2.75. The first-order valence-electron chi connectivity index (χ1n) is 9.13. The van der Waals surface area contributed by atoms with Crippen LogP contribution in [0.5, 0.6) is 0 Å². The SMILES string of the molecule is CN=C(NCCc1ccc(C(C)(C)C)cc1)NCCS(=O)(=O)C(C)(C)C. The maximum atomic E-state index is 12.1. The molecule has 0 saturated carbocycles. The molecule has 0 amide bonds. The van der Waals surface area contributed by atoms with E-state index in [0.29, 0.717) is 12.5 Å². The Morgan fingerprint density at radius 2 is 1.50 bits per heavy atom. The Kier molecular flexibility index (Phi) is 7.69. The lowest BCUT2D eigenvalue weighted by molar-refractivity contribution is 0.559. The van der Waals surface area contributed by atoms with Crippen LogP contribution in [0, 0.1) is 0 Å². The predicted octanol–water partition coefficient (Wildman–Crippen LogP) is 2.90. The molecule has 26 heavy (non-hydrogen) atoms. The highest BCUT2D eigenvalue weighted by Crippen LogP contribution is 2.22. The van der Waals surface area contributed by atoms with Gasteiger partial charge in [-0.3, -0.25) is 4.99 Å². The summed E-state index contributed by atoms with van der Waals surface area (Å²) in [5, 5.41) is 6.30. The number of aliphatic imine (C=N–C) groups is 1.